The van der Waals surface area contributed by atoms with Crippen LogP contribution in [0.4, 0.5) is 0 Å². The Morgan fingerprint density at radius 3 is 1.64 bits per heavy atom. The minimum absolute atomic E-state index is 0. The number of nitrogens with zero attached hydrogens (tertiary/aromatic N) is 2. The predicted molar refractivity (Wildman–Crippen MR) is 268 cm³/mol. The molecule has 13 atom stereocenters. The zero-order valence-electron chi connectivity index (χ0n) is 33.3. The molecule has 7 rings (SSSR count). The quantitative estimate of drug-likeness (QED) is 0.250. The molecular formula is C30H53N2O7P15V7. The molecule has 0 saturated carbocycles. The van der Waals surface area contributed by atoms with Gasteiger partial charge in [0, 0.05) is 179 Å². The van der Waals surface area contributed by atoms with E-state index in [0.29, 0.717) is 37.3 Å². The molecule has 0 aliphatic carbocycles. The Balaban J connectivity index is -0.000000792. The van der Waals surface area contributed by atoms with Crippen molar-refractivity contribution in [3.8, 4) is 0 Å². The van der Waals surface area contributed by atoms with Crippen molar-refractivity contribution in [3.63, 3.8) is 0 Å². The fourth-order valence-corrected chi connectivity index (χ4v) is 163. The number of hydrogen-bond donors (Lipinski definition) is 1. The Hall–Kier alpha value is 7.72. The average molecular weight is 1370 g/mol. The molecule has 0 bridgehead atoms. The summed E-state index contributed by atoms with van der Waals surface area (Å²) >= 11 is 0. The number of piperidine rings is 1. The van der Waals surface area contributed by atoms with Gasteiger partial charge in [-0.25, -0.2) is 0 Å². The molecule has 2 amide bonds. The van der Waals surface area contributed by atoms with E-state index in [1.807, 2.05) is 42.2 Å². The van der Waals surface area contributed by atoms with E-state index >= 15 is 0 Å². The normalized spacial score (nSPS) is 21.3. The first-order valence-electron chi connectivity index (χ1n) is 17.3. The van der Waals surface area contributed by atoms with Crippen molar-refractivity contribution in [3.05, 3.63) is 70.8 Å². The van der Waals surface area contributed by atoms with Crippen LogP contribution in [0.1, 0.15) is 83.1 Å². The van der Waals surface area contributed by atoms with Gasteiger partial charge in [0.2, 0.25) is 0 Å². The van der Waals surface area contributed by atoms with E-state index in [1.54, 1.807) is 12.1 Å². The van der Waals surface area contributed by atoms with Gasteiger partial charge in [0.25, 0.3) is 11.8 Å². The molecule has 3 fully saturated rings. The van der Waals surface area contributed by atoms with Crippen molar-refractivity contribution in [1.82, 2.24) is 9.80 Å². The number of hydrogen-bond acceptors (Lipinski definition) is 7. The van der Waals surface area contributed by atoms with Crippen LogP contribution in [-0.4, -0.2) is 77.8 Å². The van der Waals surface area contributed by atoms with Crippen LogP contribution in [-0.2, 0) is 149 Å². The Kier molecular flexibility index (Phi) is 42.9. The Morgan fingerprint density at radius 2 is 1.16 bits per heavy atom. The zero-order chi connectivity index (χ0) is 39.2. The van der Waals surface area contributed by atoms with Crippen molar-refractivity contribution in [2.75, 3.05) is 39.5 Å². The molecule has 0 aromatic heterocycles. The van der Waals surface area contributed by atoms with Gasteiger partial charge in [0.05, 0.1) is 32.5 Å². The van der Waals surface area contributed by atoms with Gasteiger partial charge in [-0.1, -0.05) is 44.4 Å². The minimum Gasteiger partial charge on any atom is -0.369 e. The topological polar surface area (TPSA) is 97.8 Å². The maximum atomic E-state index is 12.3. The van der Waals surface area contributed by atoms with Gasteiger partial charge in [-0.15, -0.1) is 71.4 Å². The first-order valence-corrected chi connectivity index (χ1v) is 43.8. The molecule has 1 spiro atoms. The van der Waals surface area contributed by atoms with Crippen LogP contribution in [0.2, 0.25) is 0 Å². The largest absolute Gasteiger partial charge is 0.369 e. The molecule has 1 N–H and O–H groups in total. The molecule has 2 aromatic rings. The smallest absolute Gasteiger partial charge is 0.256 e. The molecule has 3 saturated heterocycles. The maximum absolute atomic E-state index is 12.3. The first-order chi connectivity index (χ1) is 25.7. The fraction of sp³-hybridized carbons (Fsp3) is 0.533. The van der Waals surface area contributed by atoms with Crippen molar-refractivity contribution >= 4 is 133 Å². The molecule has 5 aliphatic heterocycles. The van der Waals surface area contributed by atoms with Gasteiger partial charge < -0.3 is 33.9 Å². The van der Waals surface area contributed by atoms with Gasteiger partial charge in [0.15, 0.2) is 17.8 Å². The van der Waals surface area contributed by atoms with Crippen LogP contribution in [0, 0.1) is 0 Å². The van der Waals surface area contributed by atoms with Crippen molar-refractivity contribution in [1.29, 1.82) is 0 Å². The third-order valence-electron chi connectivity index (χ3n) is 9.48. The van der Waals surface area contributed by atoms with Crippen LogP contribution in [0.5, 0.6) is 0 Å². The van der Waals surface area contributed by atoms with Crippen LogP contribution < -0.4 is 0 Å². The molecule has 5 heterocycles. The molecule has 13 unspecified atom stereocenters. The molecule has 5 aliphatic rings. The van der Waals surface area contributed by atoms with E-state index in [4.69, 9.17) is 18.9 Å². The van der Waals surface area contributed by atoms with E-state index in [9.17, 15) is 14.7 Å². The number of benzene rings is 2. The van der Waals surface area contributed by atoms with Crippen LogP contribution >= 0.6 is 121 Å². The number of carbonyl (C=O) groups excluding carboxylic acids is 2. The van der Waals surface area contributed by atoms with E-state index in [0.717, 1.165) is 64.5 Å². The summed E-state index contributed by atoms with van der Waals surface area (Å²) in [5.74, 6) is -1.09. The number of rotatable bonds is 9. The molecular weight excluding hydrogens is 1320 g/mol. The summed E-state index contributed by atoms with van der Waals surface area (Å²) in [4.78, 5) is 28.1. The van der Waals surface area contributed by atoms with Gasteiger partial charge in [-0.05, 0) is 79.4 Å². The summed E-state index contributed by atoms with van der Waals surface area (Å²) < 4.78 is 23.1. The Labute approximate surface area is 473 Å². The van der Waals surface area contributed by atoms with E-state index in [1.165, 1.54) is 4.90 Å². The van der Waals surface area contributed by atoms with E-state index < -0.39 is 17.8 Å². The number of fused-ring (bicyclic) bond motifs is 4. The molecule has 2 aromatic carbocycles. The third-order valence-corrected chi connectivity index (χ3v) is 97.9. The summed E-state index contributed by atoms with van der Waals surface area (Å²) in [5.41, 5.74) is 3.23. The second-order valence-corrected chi connectivity index (χ2v) is 69.0. The van der Waals surface area contributed by atoms with Crippen LogP contribution in [0.15, 0.2) is 48.5 Å². The van der Waals surface area contributed by atoms with Crippen molar-refractivity contribution < 1.29 is 164 Å². The summed E-state index contributed by atoms with van der Waals surface area (Å²) in [6.07, 6.45) is 3.08. The van der Waals surface area contributed by atoms with Gasteiger partial charge in [-0.3, -0.25) is 9.59 Å². The number of aliphatic hydroxyl groups excluding tert-OH is 1. The van der Waals surface area contributed by atoms with Crippen molar-refractivity contribution in [2.45, 2.75) is 62.9 Å². The predicted octanol–water partition coefficient (Wildman–Crippen LogP) is 12.1. The van der Waals surface area contributed by atoms with Crippen molar-refractivity contribution in [2.24, 2.45) is 0 Å². The SMILES string of the molecule is CC1(CCN2C(=O)c3ccccc3C2O)OCCCO1.O=C1c2ccccc2C2CC3(CCN12)OCCCO3.PPP(P)P(P(P)P)P(P(P)P)P(P)P.[V].[V].[V].[V].[V].[V].[V]. The fourth-order valence-electron chi connectivity index (χ4n) is 6.86. The second-order valence-electron chi connectivity index (χ2n) is 13.1. The summed E-state index contributed by atoms with van der Waals surface area (Å²) in [5, 5.41) is 10.2. The van der Waals surface area contributed by atoms with Gasteiger partial charge in [-0.2, -0.15) is 0 Å². The zero-order valence-corrected chi connectivity index (χ0v) is 58.7. The Morgan fingerprint density at radius 1 is 0.705 bits per heavy atom. The number of carbonyl (C=O) groups is 2. The van der Waals surface area contributed by atoms with Crippen LogP contribution in [0.3, 0.4) is 0 Å². The monoisotopic (exact) mass is 1370 g/mol. The Bertz CT molecular complexity index is 1590. The van der Waals surface area contributed by atoms with E-state index in [-0.39, 0.29) is 190 Å². The van der Waals surface area contributed by atoms with Gasteiger partial charge >= 0.3 is 0 Å². The summed E-state index contributed by atoms with van der Waals surface area (Å²) in [6.45, 7) is 6.78. The third kappa shape index (κ3) is 20.1. The number of ether oxygens (including phenoxy) is 4. The standard InChI is InChI=1S/C15H19NO4.C15H17NO3.H17P15.7V/c1-15(19-9-4-10-20-15)7-8-16-13(17)11-5-2-3-6-12(11)14(16)18;17-14-12-5-2-1-4-11(12)13-10-15(6-7-16(13)14)18-8-3-9-19-15;1-9-13(8)15(12(6)7)14(10(2)3)11(4)5;;;;;;;/h2-3,5-6,13,17H,4,7-10H2,1H3;1-2,4-5,13H,3,6-10H2;9H,1-8H2;;;;;;;. The van der Waals surface area contributed by atoms with Crippen LogP contribution in [0.25, 0.3) is 0 Å². The average Bonchev–Trinajstić information content (AvgIpc) is 3.57. The molecule has 61 heavy (non-hydrogen) atoms. The summed E-state index contributed by atoms with van der Waals surface area (Å²) in [7, 11) is 25.6. The first kappa shape index (κ1) is 73.0. The number of amides is 2. The number of aliphatic hydroxyl groups is 1. The maximum Gasteiger partial charge on any atom is 0.256 e. The molecule has 9 nitrogen and oxygen atoms in total. The second kappa shape index (κ2) is 35.8. The molecule has 31 heteroatoms. The minimum atomic E-state index is -0.870. The molecule has 7 radical (unpaired) electrons. The van der Waals surface area contributed by atoms with E-state index in [2.05, 4.69) is 77.5 Å². The van der Waals surface area contributed by atoms with Gasteiger partial charge in [0.1, 0.15) is 0 Å². The summed E-state index contributed by atoms with van der Waals surface area (Å²) in [6, 6.07) is 15.2. The molecule has 335 valence electrons.